The lowest BCUT2D eigenvalue weighted by Gasteiger charge is -2.25. The number of fused-ring (bicyclic) bond motifs is 2. The summed E-state index contributed by atoms with van der Waals surface area (Å²) in [7, 11) is 1.59. The fraction of sp³-hybridized carbons (Fsp3) is 0.241. The second kappa shape index (κ2) is 9.29. The average Bonchev–Trinajstić information content (AvgIpc) is 3.16. The Kier molecular flexibility index (Phi) is 6.03. The number of hydrogen-bond acceptors (Lipinski definition) is 5. The highest BCUT2D eigenvalue weighted by molar-refractivity contribution is 6.10. The zero-order chi connectivity index (χ0) is 24.5. The molecule has 0 saturated heterocycles. The number of carbonyl (C=O) groups excluding carboxylic acids is 1. The highest BCUT2D eigenvalue weighted by Gasteiger charge is 2.43. The summed E-state index contributed by atoms with van der Waals surface area (Å²) >= 11 is 0. The van der Waals surface area contributed by atoms with Crippen molar-refractivity contribution in [3.05, 3.63) is 99.9 Å². The van der Waals surface area contributed by atoms with Crippen LogP contribution in [-0.2, 0) is 0 Å². The van der Waals surface area contributed by atoms with Gasteiger partial charge in [0.15, 0.2) is 5.43 Å². The van der Waals surface area contributed by atoms with Gasteiger partial charge in [0.2, 0.25) is 5.76 Å². The fourth-order valence-corrected chi connectivity index (χ4v) is 4.43. The Morgan fingerprint density at radius 1 is 0.943 bits per heavy atom. The quantitative estimate of drug-likeness (QED) is 0.333. The first-order valence-electron chi connectivity index (χ1n) is 11.7. The minimum Gasteiger partial charge on any atom is -0.497 e. The maximum Gasteiger partial charge on any atom is 0.295 e. The zero-order valence-corrected chi connectivity index (χ0v) is 20.0. The molecule has 6 nitrogen and oxygen atoms in total. The van der Waals surface area contributed by atoms with E-state index in [0.29, 0.717) is 46.2 Å². The molecule has 0 saturated carbocycles. The molecule has 0 aliphatic carbocycles. The van der Waals surface area contributed by atoms with Gasteiger partial charge in [0, 0.05) is 5.69 Å². The predicted octanol–water partition coefficient (Wildman–Crippen LogP) is 5.98. The summed E-state index contributed by atoms with van der Waals surface area (Å²) in [4.78, 5) is 29.0. The summed E-state index contributed by atoms with van der Waals surface area (Å²) in [6, 6.07) is 21.1. The summed E-state index contributed by atoms with van der Waals surface area (Å²) in [5.74, 6) is 1.62. The number of hydrogen-bond donors (Lipinski definition) is 0. The SMILES string of the molecule is COc1ccc(N2C(=O)c3oc4ccccc4c(=O)c3C2c2cccc(OCCC(C)C)c2)cc1. The van der Waals surface area contributed by atoms with Crippen LogP contribution in [0.3, 0.4) is 0 Å². The number of amides is 1. The normalized spacial score (nSPS) is 15.0. The van der Waals surface area contributed by atoms with Gasteiger partial charge in [-0.25, -0.2) is 0 Å². The second-order valence-corrected chi connectivity index (χ2v) is 9.05. The van der Waals surface area contributed by atoms with E-state index in [9.17, 15) is 9.59 Å². The van der Waals surface area contributed by atoms with Crippen molar-refractivity contribution in [1.29, 1.82) is 0 Å². The van der Waals surface area contributed by atoms with Crippen molar-refractivity contribution in [3.8, 4) is 11.5 Å². The van der Waals surface area contributed by atoms with Crippen molar-refractivity contribution in [1.82, 2.24) is 0 Å². The number of anilines is 1. The van der Waals surface area contributed by atoms with E-state index in [1.54, 1.807) is 48.4 Å². The van der Waals surface area contributed by atoms with E-state index >= 15 is 0 Å². The molecule has 6 heteroatoms. The van der Waals surface area contributed by atoms with E-state index in [-0.39, 0.29) is 17.1 Å². The molecule has 2 heterocycles. The van der Waals surface area contributed by atoms with E-state index in [4.69, 9.17) is 13.9 Å². The van der Waals surface area contributed by atoms with Crippen molar-refractivity contribution in [3.63, 3.8) is 0 Å². The van der Waals surface area contributed by atoms with E-state index in [0.717, 1.165) is 12.0 Å². The molecule has 1 aliphatic rings. The van der Waals surface area contributed by atoms with Gasteiger partial charge >= 0.3 is 0 Å². The third-order valence-electron chi connectivity index (χ3n) is 6.27. The zero-order valence-electron chi connectivity index (χ0n) is 20.0. The Bertz CT molecular complexity index is 1440. The Balaban J connectivity index is 1.66. The van der Waals surface area contributed by atoms with E-state index in [1.807, 2.05) is 36.4 Å². The maximum atomic E-state index is 13.7. The molecule has 35 heavy (non-hydrogen) atoms. The third kappa shape index (κ3) is 4.16. The lowest BCUT2D eigenvalue weighted by molar-refractivity contribution is 0.0971. The van der Waals surface area contributed by atoms with Gasteiger partial charge in [0.25, 0.3) is 5.91 Å². The van der Waals surface area contributed by atoms with Crippen molar-refractivity contribution in [2.24, 2.45) is 5.92 Å². The molecule has 0 N–H and O–H groups in total. The van der Waals surface area contributed by atoms with E-state index < -0.39 is 6.04 Å². The fourth-order valence-electron chi connectivity index (χ4n) is 4.43. The molecule has 3 aromatic carbocycles. The topological polar surface area (TPSA) is 69.0 Å². The van der Waals surface area contributed by atoms with Crippen molar-refractivity contribution in [2.45, 2.75) is 26.3 Å². The van der Waals surface area contributed by atoms with Crippen molar-refractivity contribution >= 4 is 22.6 Å². The molecule has 1 unspecified atom stereocenters. The predicted molar refractivity (Wildman–Crippen MR) is 136 cm³/mol. The highest BCUT2D eigenvalue weighted by atomic mass is 16.5. The molecule has 1 amide bonds. The average molecular weight is 470 g/mol. The van der Waals surface area contributed by atoms with Gasteiger partial charge in [0.05, 0.1) is 30.7 Å². The van der Waals surface area contributed by atoms with Crippen LogP contribution in [0.25, 0.3) is 11.0 Å². The number of para-hydroxylation sites is 1. The van der Waals surface area contributed by atoms with Gasteiger partial charge in [-0.1, -0.05) is 38.1 Å². The molecule has 1 aliphatic heterocycles. The van der Waals surface area contributed by atoms with Crippen molar-refractivity contribution < 1.29 is 18.7 Å². The van der Waals surface area contributed by atoms with Gasteiger partial charge in [-0.15, -0.1) is 0 Å². The number of ether oxygens (including phenoxy) is 2. The molecule has 4 aromatic rings. The van der Waals surface area contributed by atoms with E-state index in [1.165, 1.54) is 0 Å². The van der Waals surface area contributed by atoms with Gasteiger partial charge in [0.1, 0.15) is 17.1 Å². The molecular formula is C29H27NO5. The molecule has 1 aromatic heterocycles. The largest absolute Gasteiger partial charge is 0.497 e. The van der Waals surface area contributed by atoms with Crippen molar-refractivity contribution in [2.75, 3.05) is 18.6 Å². The number of rotatable bonds is 7. The molecule has 0 radical (unpaired) electrons. The van der Waals surface area contributed by atoms with E-state index in [2.05, 4.69) is 13.8 Å². The van der Waals surface area contributed by atoms with Crippen LogP contribution in [0.5, 0.6) is 11.5 Å². The first-order valence-corrected chi connectivity index (χ1v) is 11.7. The van der Waals surface area contributed by atoms with Gasteiger partial charge in [-0.05, 0) is 66.4 Å². The van der Waals surface area contributed by atoms with Gasteiger partial charge in [-0.3, -0.25) is 14.5 Å². The maximum absolute atomic E-state index is 13.7. The van der Waals surface area contributed by atoms with Crippen LogP contribution in [0.2, 0.25) is 0 Å². The van der Waals surface area contributed by atoms with Crippen LogP contribution in [0, 0.1) is 5.92 Å². The monoisotopic (exact) mass is 469 g/mol. The van der Waals surface area contributed by atoms with Gasteiger partial charge < -0.3 is 13.9 Å². The minimum atomic E-state index is -0.652. The third-order valence-corrected chi connectivity index (χ3v) is 6.27. The Hall–Kier alpha value is -4.06. The number of benzene rings is 3. The first-order chi connectivity index (χ1) is 17.0. The molecule has 0 spiro atoms. The molecule has 0 fully saturated rings. The van der Waals surface area contributed by atoms with Crippen LogP contribution in [0.15, 0.2) is 82.0 Å². The first kappa shape index (κ1) is 22.7. The molecule has 5 rings (SSSR count). The Morgan fingerprint density at radius 2 is 1.71 bits per heavy atom. The Labute approximate surface area is 203 Å². The second-order valence-electron chi connectivity index (χ2n) is 9.05. The molecule has 178 valence electrons. The summed E-state index contributed by atoms with van der Waals surface area (Å²) < 4.78 is 17.3. The van der Waals surface area contributed by atoms with Crippen LogP contribution < -0.4 is 19.8 Å². The highest BCUT2D eigenvalue weighted by Crippen LogP contribution is 2.42. The summed E-state index contributed by atoms with van der Waals surface area (Å²) in [6.07, 6.45) is 0.933. The van der Waals surface area contributed by atoms with Crippen LogP contribution >= 0.6 is 0 Å². The standard InChI is InChI=1S/C29H27NO5/c1-18(2)15-16-34-22-8-6-7-19(17-22)26-25-27(31)23-9-4-5-10-24(23)35-28(25)29(32)30(26)20-11-13-21(33-3)14-12-20/h4-14,17-18,26H,15-16H2,1-3H3. The van der Waals surface area contributed by atoms with Gasteiger partial charge in [-0.2, -0.15) is 0 Å². The number of methoxy groups -OCH3 is 1. The lowest BCUT2D eigenvalue weighted by Crippen LogP contribution is -2.29. The Morgan fingerprint density at radius 3 is 2.46 bits per heavy atom. The smallest absolute Gasteiger partial charge is 0.295 e. The molecule has 1 atom stereocenters. The minimum absolute atomic E-state index is 0.0700. The molecular weight excluding hydrogens is 442 g/mol. The van der Waals surface area contributed by atoms with Crippen LogP contribution in [-0.4, -0.2) is 19.6 Å². The van der Waals surface area contributed by atoms with Crippen LogP contribution in [0.4, 0.5) is 5.69 Å². The number of carbonyl (C=O) groups is 1. The lowest BCUT2D eigenvalue weighted by atomic mass is 9.98. The summed E-state index contributed by atoms with van der Waals surface area (Å²) in [5, 5.41) is 0.449. The summed E-state index contributed by atoms with van der Waals surface area (Å²) in [5.41, 5.74) is 1.94. The molecule has 0 bridgehead atoms. The van der Waals surface area contributed by atoms with Crippen LogP contribution in [0.1, 0.15) is 48.0 Å². The summed E-state index contributed by atoms with van der Waals surface area (Å²) in [6.45, 7) is 4.89. The number of nitrogens with zero attached hydrogens (tertiary/aromatic N) is 1.